The molecule has 3 aromatic carbocycles. The summed E-state index contributed by atoms with van der Waals surface area (Å²) in [6.07, 6.45) is 0. The van der Waals surface area contributed by atoms with Crippen molar-refractivity contribution in [2.45, 2.75) is 26.8 Å². The van der Waals surface area contributed by atoms with Crippen LogP contribution >= 0.6 is 23.2 Å². The van der Waals surface area contributed by atoms with E-state index in [0.717, 1.165) is 11.1 Å². The van der Waals surface area contributed by atoms with E-state index in [9.17, 15) is 14.7 Å². The first-order valence-corrected chi connectivity index (χ1v) is 11.4. The SMILES string of the molecule is COc1cc(C)c(/C(O)=C2\C(=O)C(=O)N(c3ccc(Cl)c(Cl)c3)C2c2cccc(C)c2)cc1C. The van der Waals surface area contributed by atoms with Gasteiger partial charge in [0.15, 0.2) is 0 Å². The van der Waals surface area contributed by atoms with Gasteiger partial charge in [0.05, 0.1) is 28.8 Å². The summed E-state index contributed by atoms with van der Waals surface area (Å²) >= 11 is 12.3. The van der Waals surface area contributed by atoms with Gasteiger partial charge in [0.25, 0.3) is 11.7 Å². The first-order chi connectivity index (χ1) is 16.1. The fourth-order valence-corrected chi connectivity index (χ4v) is 4.59. The van der Waals surface area contributed by atoms with Crippen LogP contribution in [0.1, 0.15) is 33.9 Å². The topological polar surface area (TPSA) is 66.8 Å². The van der Waals surface area contributed by atoms with Crippen LogP contribution in [0.25, 0.3) is 5.76 Å². The minimum absolute atomic E-state index is 0.00865. The number of aliphatic hydroxyl groups excluding tert-OH is 1. The van der Waals surface area contributed by atoms with Crippen LogP contribution in [0.2, 0.25) is 10.0 Å². The van der Waals surface area contributed by atoms with Gasteiger partial charge in [0, 0.05) is 11.3 Å². The number of carbonyl (C=O) groups is 2. The molecule has 34 heavy (non-hydrogen) atoms. The van der Waals surface area contributed by atoms with E-state index in [2.05, 4.69) is 0 Å². The van der Waals surface area contributed by atoms with Crippen molar-refractivity contribution in [1.82, 2.24) is 0 Å². The van der Waals surface area contributed by atoms with Crippen molar-refractivity contribution < 1.29 is 19.4 Å². The predicted octanol–water partition coefficient (Wildman–Crippen LogP) is 6.55. The molecule has 0 aromatic heterocycles. The molecule has 0 aliphatic carbocycles. The van der Waals surface area contributed by atoms with Gasteiger partial charge < -0.3 is 9.84 Å². The van der Waals surface area contributed by atoms with Gasteiger partial charge in [-0.2, -0.15) is 0 Å². The van der Waals surface area contributed by atoms with Crippen LogP contribution in [0, 0.1) is 20.8 Å². The Morgan fingerprint density at radius 3 is 2.32 bits per heavy atom. The first-order valence-electron chi connectivity index (χ1n) is 10.6. The lowest BCUT2D eigenvalue weighted by Crippen LogP contribution is -2.29. The van der Waals surface area contributed by atoms with E-state index in [1.165, 1.54) is 4.90 Å². The zero-order valence-corrected chi connectivity index (χ0v) is 20.7. The summed E-state index contributed by atoms with van der Waals surface area (Å²) in [6, 6.07) is 14.9. The zero-order chi connectivity index (χ0) is 24.7. The van der Waals surface area contributed by atoms with Gasteiger partial charge in [0.1, 0.15) is 11.5 Å². The van der Waals surface area contributed by atoms with Crippen molar-refractivity contribution >= 4 is 46.3 Å². The number of anilines is 1. The molecule has 3 aromatic rings. The number of methoxy groups -OCH3 is 1. The van der Waals surface area contributed by atoms with Crippen molar-refractivity contribution in [3.05, 3.63) is 98.0 Å². The number of aryl methyl sites for hydroxylation is 3. The minimum Gasteiger partial charge on any atom is -0.507 e. The molecule has 174 valence electrons. The van der Waals surface area contributed by atoms with Crippen LogP contribution in [0.15, 0.2) is 60.2 Å². The summed E-state index contributed by atoms with van der Waals surface area (Å²) < 4.78 is 5.37. The Kier molecular flexibility index (Phi) is 6.43. The lowest BCUT2D eigenvalue weighted by Gasteiger charge is -2.26. The molecule has 1 aliphatic heterocycles. The third-order valence-electron chi connectivity index (χ3n) is 5.98. The Labute approximate surface area is 208 Å². The second-order valence-corrected chi connectivity index (χ2v) is 9.13. The van der Waals surface area contributed by atoms with Crippen LogP contribution < -0.4 is 9.64 Å². The van der Waals surface area contributed by atoms with Gasteiger partial charge in [0.2, 0.25) is 0 Å². The lowest BCUT2D eigenvalue weighted by molar-refractivity contribution is -0.132. The maximum atomic E-state index is 13.4. The number of rotatable bonds is 4. The van der Waals surface area contributed by atoms with Crippen LogP contribution in [0.5, 0.6) is 5.75 Å². The molecule has 0 saturated carbocycles. The Balaban J connectivity index is 1.99. The summed E-state index contributed by atoms with van der Waals surface area (Å²) in [5.41, 5.74) is 4.02. The molecular weight excluding hydrogens is 473 g/mol. The number of Topliss-reactive ketones (excluding diaryl/α,β-unsaturated/α-hetero) is 1. The highest BCUT2D eigenvalue weighted by atomic mass is 35.5. The maximum Gasteiger partial charge on any atom is 0.300 e. The molecule has 7 heteroatoms. The van der Waals surface area contributed by atoms with Gasteiger partial charge in [-0.25, -0.2) is 0 Å². The maximum absolute atomic E-state index is 13.4. The molecule has 4 rings (SSSR count). The number of carbonyl (C=O) groups excluding carboxylic acids is 2. The molecule has 1 N–H and O–H groups in total. The number of ketones is 1. The van der Waals surface area contributed by atoms with Gasteiger partial charge in [-0.3, -0.25) is 14.5 Å². The molecule has 5 nitrogen and oxygen atoms in total. The van der Waals surface area contributed by atoms with E-state index >= 15 is 0 Å². The standard InChI is InChI=1S/C27H23Cl2NO4/c1-14-6-5-7-17(10-14)24-23(25(31)19-11-16(3)22(34-4)12-15(19)2)26(32)27(33)30(24)18-8-9-20(28)21(29)13-18/h5-13,24,31H,1-4H3/b25-23+. The van der Waals surface area contributed by atoms with Gasteiger partial charge in [-0.05, 0) is 67.8 Å². The molecule has 1 aliphatic rings. The molecule has 0 radical (unpaired) electrons. The van der Waals surface area contributed by atoms with Gasteiger partial charge >= 0.3 is 0 Å². The minimum atomic E-state index is -0.848. The quantitative estimate of drug-likeness (QED) is 0.253. The summed E-state index contributed by atoms with van der Waals surface area (Å²) in [7, 11) is 1.57. The first kappa shape index (κ1) is 23.9. The number of halogens is 2. The number of benzene rings is 3. The van der Waals surface area contributed by atoms with Crippen LogP contribution in [0.3, 0.4) is 0 Å². The molecule has 1 atom stereocenters. The van der Waals surface area contributed by atoms with Crippen molar-refractivity contribution in [1.29, 1.82) is 0 Å². The third kappa shape index (κ3) is 4.06. The van der Waals surface area contributed by atoms with Crippen molar-refractivity contribution in [2.24, 2.45) is 0 Å². The summed E-state index contributed by atoms with van der Waals surface area (Å²) in [5.74, 6) is -1.10. The number of hydrogen-bond donors (Lipinski definition) is 1. The number of hydrogen-bond acceptors (Lipinski definition) is 4. The Hall–Kier alpha value is -3.28. The molecule has 1 saturated heterocycles. The predicted molar refractivity (Wildman–Crippen MR) is 135 cm³/mol. The van der Waals surface area contributed by atoms with E-state index < -0.39 is 17.7 Å². The molecule has 1 amide bonds. The molecule has 0 spiro atoms. The average molecular weight is 496 g/mol. The Morgan fingerprint density at radius 1 is 0.941 bits per heavy atom. The third-order valence-corrected chi connectivity index (χ3v) is 6.72. The highest BCUT2D eigenvalue weighted by molar-refractivity contribution is 6.52. The normalized spacial score (nSPS) is 17.4. The molecule has 1 heterocycles. The Morgan fingerprint density at radius 2 is 1.68 bits per heavy atom. The van der Waals surface area contributed by atoms with E-state index in [0.29, 0.717) is 33.1 Å². The van der Waals surface area contributed by atoms with Crippen LogP contribution in [-0.2, 0) is 9.59 Å². The average Bonchev–Trinajstić information content (AvgIpc) is 3.07. The highest BCUT2D eigenvalue weighted by Gasteiger charge is 2.47. The molecule has 1 unspecified atom stereocenters. The van der Waals surface area contributed by atoms with E-state index in [4.69, 9.17) is 27.9 Å². The highest BCUT2D eigenvalue weighted by Crippen LogP contribution is 2.44. The summed E-state index contributed by atoms with van der Waals surface area (Å²) in [6.45, 7) is 5.58. The van der Waals surface area contributed by atoms with Gasteiger partial charge in [-0.15, -0.1) is 0 Å². The molecular formula is C27H23Cl2NO4. The zero-order valence-electron chi connectivity index (χ0n) is 19.1. The van der Waals surface area contributed by atoms with Crippen molar-refractivity contribution in [2.75, 3.05) is 12.0 Å². The summed E-state index contributed by atoms with van der Waals surface area (Å²) in [4.78, 5) is 28.0. The second-order valence-electron chi connectivity index (χ2n) is 8.32. The number of nitrogens with zero attached hydrogens (tertiary/aromatic N) is 1. The molecule has 0 bridgehead atoms. The van der Waals surface area contributed by atoms with Crippen LogP contribution in [-0.4, -0.2) is 23.9 Å². The lowest BCUT2D eigenvalue weighted by atomic mass is 9.92. The van der Waals surface area contributed by atoms with Crippen LogP contribution in [0.4, 0.5) is 5.69 Å². The fourth-order valence-electron chi connectivity index (χ4n) is 4.30. The fraction of sp³-hybridized carbons (Fsp3) is 0.185. The van der Waals surface area contributed by atoms with Gasteiger partial charge in [-0.1, -0.05) is 53.0 Å². The van der Waals surface area contributed by atoms with E-state index in [-0.39, 0.29) is 16.4 Å². The number of amides is 1. The van der Waals surface area contributed by atoms with E-state index in [1.807, 2.05) is 45.0 Å². The molecule has 1 fully saturated rings. The van der Waals surface area contributed by atoms with Crippen molar-refractivity contribution in [3.8, 4) is 5.75 Å². The van der Waals surface area contributed by atoms with E-state index in [1.54, 1.807) is 37.4 Å². The summed E-state index contributed by atoms with van der Waals surface area (Å²) in [5, 5.41) is 12.0. The smallest absolute Gasteiger partial charge is 0.300 e. The number of aliphatic hydroxyl groups is 1. The Bertz CT molecular complexity index is 1360. The monoisotopic (exact) mass is 495 g/mol. The largest absolute Gasteiger partial charge is 0.507 e. The number of ether oxygens (including phenoxy) is 1. The second kappa shape index (κ2) is 9.16. The van der Waals surface area contributed by atoms with Crippen molar-refractivity contribution in [3.63, 3.8) is 0 Å².